The van der Waals surface area contributed by atoms with Crippen molar-refractivity contribution in [2.45, 2.75) is 19.3 Å². The summed E-state index contributed by atoms with van der Waals surface area (Å²) < 4.78 is 0. The van der Waals surface area contributed by atoms with E-state index in [1.165, 1.54) is 4.90 Å². The molecule has 0 unspecified atom stereocenters. The fraction of sp³-hybridized carbons (Fsp3) is 0.385. The topological polar surface area (TPSA) is 75.4 Å². The second kappa shape index (κ2) is 6.64. The lowest BCUT2D eigenvalue weighted by molar-refractivity contribution is -0.128. The van der Waals surface area contributed by atoms with Gasteiger partial charge in [0.05, 0.1) is 11.4 Å². The predicted molar refractivity (Wildman–Crippen MR) is 72.0 cm³/mol. The van der Waals surface area contributed by atoms with Crippen LogP contribution in [0, 0.1) is 0 Å². The maximum Gasteiger partial charge on any atom is 0.224 e. The van der Waals surface area contributed by atoms with Gasteiger partial charge in [-0.1, -0.05) is 12.1 Å². The highest BCUT2D eigenvalue weighted by molar-refractivity contribution is 5.93. The van der Waals surface area contributed by atoms with Gasteiger partial charge in [-0.05, 0) is 18.6 Å². The van der Waals surface area contributed by atoms with Crippen LogP contribution >= 0.6 is 0 Å². The Labute approximate surface area is 107 Å². The number of amides is 2. The molecule has 0 aromatic heterocycles. The van der Waals surface area contributed by atoms with Crippen molar-refractivity contribution >= 4 is 23.2 Å². The van der Waals surface area contributed by atoms with Gasteiger partial charge in [0, 0.05) is 26.9 Å². The third-order valence-corrected chi connectivity index (χ3v) is 2.53. The first kappa shape index (κ1) is 14.0. The molecule has 0 atom stereocenters. The van der Waals surface area contributed by atoms with Gasteiger partial charge >= 0.3 is 0 Å². The Hall–Kier alpha value is -2.04. The Kier molecular flexibility index (Phi) is 5.17. The summed E-state index contributed by atoms with van der Waals surface area (Å²) in [6.45, 7) is 0. The van der Waals surface area contributed by atoms with E-state index in [1.54, 1.807) is 32.3 Å². The molecule has 0 aliphatic rings. The van der Waals surface area contributed by atoms with E-state index in [4.69, 9.17) is 5.73 Å². The van der Waals surface area contributed by atoms with Crippen LogP contribution in [0.3, 0.4) is 0 Å². The van der Waals surface area contributed by atoms with Crippen LogP contribution in [0.4, 0.5) is 11.4 Å². The number of carbonyl (C=O) groups excluding carboxylic acids is 2. The highest BCUT2D eigenvalue weighted by Crippen LogP contribution is 2.17. The number of anilines is 2. The van der Waals surface area contributed by atoms with Gasteiger partial charge in [-0.25, -0.2) is 0 Å². The average molecular weight is 249 g/mol. The molecule has 0 saturated heterocycles. The minimum absolute atomic E-state index is 0.0297. The van der Waals surface area contributed by atoms with Gasteiger partial charge < -0.3 is 16.0 Å². The fourth-order valence-electron chi connectivity index (χ4n) is 1.45. The summed E-state index contributed by atoms with van der Waals surface area (Å²) >= 11 is 0. The Morgan fingerprint density at radius 3 is 2.50 bits per heavy atom. The molecule has 0 fully saturated rings. The SMILES string of the molecule is CN(C)C(=O)CCCC(=O)Nc1ccccc1N. The van der Waals surface area contributed by atoms with Crippen molar-refractivity contribution in [3.63, 3.8) is 0 Å². The smallest absolute Gasteiger partial charge is 0.224 e. The van der Waals surface area contributed by atoms with E-state index < -0.39 is 0 Å². The number of hydrogen-bond donors (Lipinski definition) is 2. The van der Waals surface area contributed by atoms with Gasteiger partial charge in [-0.2, -0.15) is 0 Å². The van der Waals surface area contributed by atoms with Crippen molar-refractivity contribution < 1.29 is 9.59 Å². The lowest BCUT2D eigenvalue weighted by Crippen LogP contribution is -2.22. The zero-order valence-corrected chi connectivity index (χ0v) is 10.8. The maximum absolute atomic E-state index is 11.6. The second-order valence-corrected chi connectivity index (χ2v) is 4.28. The lowest BCUT2D eigenvalue weighted by Gasteiger charge is -2.10. The molecule has 0 aliphatic carbocycles. The molecule has 0 heterocycles. The first-order valence-corrected chi connectivity index (χ1v) is 5.85. The number of para-hydroxylation sites is 2. The van der Waals surface area contributed by atoms with Crippen LogP contribution in [0.5, 0.6) is 0 Å². The normalized spacial score (nSPS) is 9.89. The number of rotatable bonds is 5. The third-order valence-electron chi connectivity index (χ3n) is 2.53. The standard InChI is InChI=1S/C13H19N3O2/c1-16(2)13(18)9-5-8-12(17)15-11-7-4-3-6-10(11)14/h3-4,6-7H,5,8-9,14H2,1-2H3,(H,15,17). The first-order chi connectivity index (χ1) is 8.50. The van der Waals surface area contributed by atoms with E-state index in [2.05, 4.69) is 5.32 Å². The summed E-state index contributed by atoms with van der Waals surface area (Å²) in [5.74, 6) is -0.0959. The molecule has 0 saturated carbocycles. The van der Waals surface area contributed by atoms with Crippen molar-refractivity contribution in [3.8, 4) is 0 Å². The van der Waals surface area contributed by atoms with Gasteiger partial charge in [-0.3, -0.25) is 9.59 Å². The fourth-order valence-corrected chi connectivity index (χ4v) is 1.45. The zero-order chi connectivity index (χ0) is 13.5. The minimum atomic E-state index is -0.126. The Morgan fingerprint density at radius 2 is 1.89 bits per heavy atom. The van der Waals surface area contributed by atoms with E-state index >= 15 is 0 Å². The predicted octanol–water partition coefficient (Wildman–Crippen LogP) is 1.47. The largest absolute Gasteiger partial charge is 0.397 e. The quantitative estimate of drug-likeness (QED) is 0.776. The van der Waals surface area contributed by atoms with Gasteiger partial charge in [0.1, 0.15) is 0 Å². The van der Waals surface area contributed by atoms with E-state index in [9.17, 15) is 9.59 Å². The number of nitrogens with one attached hydrogen (secondary N) is 1. The van der Waals surface area contributed by atoms with Gasteiger partial charge in [0.15, 0.2) is 0 Å². The molecule has 98 valence electrons. The van der Waals surface area contributed by atoms with Crippen LogP contribution in [0.15, 0.2) is 24.3 Å². The number of nitrogens with two attached hydrogens (primary N) is 1. The Bertz CT molecular complexity index is 430. The summed E-state index contributed by atoms with van der Waals surface area (Å²) in [7, 11) is 3.40. The zero-order valence-electron chi connectivity index (χ0n) is 10.8. The molecule has 0 radical (unpaired) electrons. The van der Waals surface area contributed by atoms with Crippen LogP contribution < -0.4 is 11.1 Å². The van der Waals surface area contributed by atoms with Crippen molar-refractivity contribution in [3.05, 3.63) is 24.3 Å². The molecular formula is C13H19N3O2. The Balaban J connectivity index is 2.35. The summed E-state index contributed by atoms with van der Waals surface area (Å²) in [6.07, 6.45) is 1.23. The number of nitrogen functional groups attached to an aromatic ring is 1. The molecule has 0 aliphatic heterocycles. The Morgan fingerprint density at radius 1 is 1.22 bits per heavy atom. The molecule has 3 N–H and O–H groups in total. The van der Waals surface area contributed by atoms with E-state index in [1.807, 2.05) is 6.07 Å². The number of hydrogen-bond acceptors (Lipinski definition) is 3. The first-order valence-electron chi connectivity index (χ1n) is 5.85. The molecule has 2 amide bonds. The van der Waals surface area contributed by atoms with Gasteiger partial charge in [0.25, 0.3) is 0 Å². The van der Waals surface area contributed by atoms with Crippen molar-refractivity contribution in [2.75, 3.05) is 25.1 Å². The molecule has 1 aromatic rings. The second-order valence-electron chi connectivity index (χ2n) is 4.28. The monoisotopic (exact) mass is 249 g/mol. The molecule has 1 aromatic carbocycles. The molecule has 5 nitrogen and oxygen atoms in total. The van der Waals surface area contributed by atoms with Gasteiger partial charge in [0.2, 0.25) is 11.8 Å². The summed E-state index contributed by atoms with van der Waals surface area (Å²) in [6, 6.07) is 7.09. The van der Waals surface area contributed by atoms with E-state index in [0.29, 0.717) is 30.6 Å². The maximum atomic E-state index is 11.6. The molecule has 0 bridgehead atoms. The molecule has 1 rings (SSSR count). The highest BCUT2D eigenvalue weighted by atomic mass is 16.2. The summed E-state index contributed by atoms with van der Waals surface area (Å²) in [4.78, 5) is 24.5. The van der Waals surface area contributed by atoms with E-state index in [0.717, 1.165) is 0 Å². The summed E-state index contributed by atoms with van der Waals surface area (Å²) in [5, 5.41) is 2.72. The highest BCUT2D eigenvalue weighted by Gasteiger charge is 2.07. The van der Waals surface area contributed by atoms with Crippen molar-refractivity contribution in [1.29, 1.82) is 0 Å². The van der Waals surface area contributed by atoms with Crippen LogP contribution in [0.25, 0.3) is 0 Å². The minimum Gasteiger partial charge on any atom is -0.397 e. The van der Waals surface area contributed by atoms with Crippen LogP contribution in [0.1, 0.15) is 19.3 Å². The molecule has 5 heteroatoms. The number of carbonyl (C=O) groups is 2. The van der Waals surface area contributed by atoms with Crippen molar-refractivity contribution in [2.24, 2.45) is 0 Å². The van der Waals surface area contributed by atoms with Crippen LogP contribution in [-0.4, -0.2) is 30.8 Å². The average Bonchev–Trinajstić information content (AvgIpc) is 2.32. The third kappa shape index (κ3) is 4.45. The van der Waals surface area contributed by atoms with E-state index in [-0.39, 0.29) is 11.8 Å². The van der Waals surface area contributed by atoms with Gasteiger partial charge in [-0.15, -0.1) is 0 Å². The number of nitrogens with zero attached hydrogens (tertiary/aromatic N) is 1. The van der Waals surface area contributed by atoms with Crippen LogP contribution in [-0.2, 0) is 9.59 Å². The van der Waals surface area contributed by atoms with Crippen LogP contribution in [0.2, 0.25) is 0 Å². The van der Waals surface area contributed by atoms with Crippen molar-refractivity contribution in [1.82, 2.24) is 4.90 Å². The molecular weight excluding hydrogens is 230 g/mol. The lowest BCUT2D eigenvalue weighted by atomic mass is 10.2. The molecule has 0 spiro atoms. The number of benzene rings is 1. The molecule has 18 heavy (non-hydrogen) atoms. The summed E-state index contributed by atoms with van der Waals surface area (Å²) in [5.41, 5.74) is 6.86.